The van der Waals surface area contributed by atoms with Gasteiger partial charge in [-0.2, -0.15) is 0 Å². The van der Waals surface area contributed by atoms with Crippen molar-refractivity contribution in [1.29, 1.82) is 0 Å². The summed E-state index contributed by atoms with van der Waals surface area (Å²) in [7, 11) is 1.87. The van der Waals surface area contributed by atoms with Gasteiger partial charge < -0.3 is 9.67 Å². The number of aliphatic hydroxyl groups excluding tert-OH is 1. The Balaban J connectivity index is 0.000000371. The van der Waals surface area contributed by atoms with Gasteiger partial charge in [0.15, 0.2) is 0 Å². The summed E-state index contributed by atoms with van der Waals surface area (Å²) in [5.74, 6) is 0. The maximum absolute atomic E-state index is 8.48. The number of aromatic nitrogens is 2. The molecule has 0 aromatic carbocycles. The molecule has 1 heterocycles. The van der Waals surface area contributed by atoms with Crippen LogP contribution in [0.25, 0.3) is 0 Å². The summed E-state index contributed by atoms with van der Waals surface area (Å²) in [6.45, 7) is 4.03. The first-order valence-corrected chi connectivity index (χ1v) is 3.40. The quantitative estimate of drug-likeness (QED) is 0.633. The molecule has 0 amide bonds. The third-order valence-corrected chi connectivity index (χ3v) is 0.920. The van der Waals surface area contributed by atoms with Crippen LogP contribution >= 0.6 is 0 Å². The van der Waals surface area contributed by atoms with Crippen LogP contribution in [0, 0.1) is 0 Å². The lowest BCUT2D eigenvalue weighted by molar-refractivity contribution is 0.277. The van der Waals surface area contributed by atoms with Gasteiger partial charge >= 0.3 is 0 Å². The maximum atomic E-state index is 8.48. The van der Waals surface area contributed by atoms with Crippen molar-refractivity contribution in [3.8, 4) is 0 Å². The van der Waals surface area contributed by atoms with Gasteiger partial charge in [-0.1, -0.05) is 13.8 Å². The summed E-state index contributed by atoms with van der Waals surface area (Å²) in [6, 6.07) is 0. The molecule has 0 fully saturated rings. The molecule has 3 heteroatoms. The number of aliphatic hydroxyl groups is 1. The van der Waals surface area contributed by atoms with Crippen molar-refractivity contribution in [2.45, 2.75) is 20.5 Å². The van der Waals surface area contributed by atoms with Gasteiger partial charge in [0.05, 0.1) is 18.6 Å². The zero-order valence-electron chi connectivity index (χ0n) is 6.70. The summed E-state index contributed by atoms with van der Waals surface area (Å²) in [6.07, 6.45) is 3.44. The number of imidazole rings is 1. The van der Waals surface area contributed by atoms with E-state index in [-0.39, 0.29) is 6.61 Å². The predicted octanol–water partition coefficient (Wildman–Crippen LogP) is 0.939. The van der Waals surface area contributed by atoms with Crippen molar-refractivity contribution < 1.29 is 5.11 Å². The van der Waals surface area contributed by atoms with Gasteiger partial charge in [0, 0.05) is 13.2 Å². The lowest BCUT2D eigenvalue weighted by Crippen LogP contribution is -1.80. The lowest BCUT2D eigenvalue weighted by atomic mass is 10.5. The molecule has 0 spiro atoms. The van der Waals surface area contributed by atoms with E-state index in [1.54, 1.807) is 17.1 Å². The normalized spacial score (nSPS) is 8.40. The van der Waals surface area contributed by atoms with Crippen LogP contribution in [-0.2, 0) is 13.7 Å². The molecule has 0 aliphatic carbocycles. The maximum Gasteiger partial charge on any atom is 0.0947 e. The largest absolute Gasteiger partial charge is 0.390 e. The van der Waals surface area contributed by atoms with Gasteiger partial charge in [-0.3, -0.25) is 0 Å². The summed E-state index contributed by atoms with van der Waals surface area (Å²) in [4.78, 5) is 3.85. The zero-order valence-corrected chi connectivity index (χ0v) is 6.70. The Labute approximate surface area is 61.3 Å². The minimum absolute atomic E-state index is 0.0286. The number of aryl methyl sites for hydroxylation is 1. The van der Waals surface area contributed by atoms with Crippen molar-refractivity contribution in [3.05, 3.63) is 18.2 Å². The van der Waals surface area contributed by atoms with Crippen LogP contribution in [0.3, 0.4) is 0 Å². The van der Waals surface area contributed by atoms with Crippen LogP contribution in [0.2, 0.25) is 0 Å². The molecule has 0 radical (unpaired) electrons. The predicted molar refractivity (Wildman–Crippen MR) is 40.5 cm³/mol. The van der Waals surface area contributed by atoms with E-state index in [9.17, 15) is 0 Å². The molecule has 0 aliphatic heterocycles. The van der Waals surface area contributed by atoms with Crippen LogP contribution in [0.5, 0.6) is 0 Å². The highest BCUT2D eigenvalue weighted by Crippen LogP contribution is 1.90. The number of rotatable bonds is 1. The highest BCUT2D eigenvalue weighted by molar-refractivity contribution is 4.92. The van der Waals surface area contributed by atoms with E-state index >= 15 is 0 Å². The molecule has 3 nitrogen and oxygen atoms in total. The molecule has 10 heavy (non-hydrogen) atoms. The Bertz CT molecular complexity index is 172. The van der Waals surface area contributed by atoms with Crippen molar-refractivity contribution >= 4 is 0 Å². The molecule has 0 saturated heterocycles. The smallest absolute Gasteiger partial charge is 0.0947 e. The molecule has 0 unspecified atom stereocenters. The Morgan fingerprint density at radius 2 is 2.20 bits per heavy atom. The van der Waals surface area contributed by atoms with Crippen LogP contribution in [-0.4, -0.2) is 14.7 Å². The SMILES string of the molecule is CC.Cn1cnc(CO)c1. The van der Waals surface area contributed by atoms with E-state index in [1.807, 2.05) is 20.9 Å². The van der Waals surface area contributed by atoms with Crippen LogP contribution < -0.4 is 0 Å². The Morgan fingerprint density at radius 1 is 1.60 bits per heavy atom. The fourth-order valence-corrected chi connectivity index (χ4v) is 0.549. The summed E-state index contributed by atoms with van der Waals surface area (Å²) >= 11 is 0. The first-order chi connectivity index (χ1) is 4.83. The van der Waals surface area contributed by atoms with Crippen LogP contribution in [0.4, 0.5) is 0 Å². The molecular weight excluding hydrogens is 128 g/mol. The van der Waals surface area contributed by atoms with Gasteiger partial charge in [0.25, 0.3) is 0 Å². The number of hydrogen-bond donors (Lipinski definition) is 1. The van der Waals surface area contributed by atoms with Gasteiger partial charge in [-0.05, 0) is 0 Å². The van der Waals surface area contributed by atoms with Crippen molar-refractivity contribution in [2.24, 2.45) is 7.05 Å². The van der Waals surface area contributed by atoms with E-state index in [1.165, 1.54) is 0 Å². The van der Waals surface area contributed by atoms with Gasteiger partial charge in [-0.25, -0.2) is 4.98 Å². The van der Waals surface area contributed by atoms with E-state index < -0.39 is 0 Å². The van der Waals surface area contributed by atoms with E-state index in [0.29, 0.717) is 5.69 Å². The van der Waals surface area contributed by atoms with E-state index in [2.05, 4.69) is 4.98 Å². The number of hydrogen-bond acceptors (Lipinski definition) is 2. The first-order valence-electron chi connectivity index (χ1n) is 3.40. The Morgan fingerprint density at radius 3 is 2.40 bits per heavy atom. The minimum atomic E-state index is 0.0286. The molecule has 0 aliphatic rings. The Hall–Kier alpha value is -0.830. The summed E-state index contributed by atoms with van der Waals surface area (Å²) in [5.41, 5.74) is 0.715. The van der Waals surface area contributed by atoms with E-state index in [4.69, 9.17) is 5.11 Å². The molecule has 1 aromatic heterocycles. The second kappa shape index (κ2) is 4.99. The number of nitrogens with zero attached hydrogens (tertiary/aromatic N) is 2. The monoisotopic (exact) mass is 142 g/mol. The third-order valence-electron chi connectivity index (χ3n) is 0.920. The molecule has 58 valence electrons. The average molecular weight is 142 g/mol. The van der Waals surface area contributed by atoms with Gasteiger partial charge in [0.1, 0.15) is 0 Å². The fraction of sp³-hybridized carbons (Fsp3) is 0.571. The summed E-state index contributed by atoms with van der Waals surface area (Å²) in [5, 5.41) is 8.48. The second-order valence-electron chi connectivity index (χ2n) is 1.69. The van der Waals surface area contributed by atoms with Crippen molar-refractivity contribution in [3.63, 3.8) is 0 Å². The van der Waals surface area contributed by atoms with Crippen molar-refractivity contribution in [2.75, 3.05) is 0 Å². The molecule has 0 atom stereocenters. The van der Waals surface area contributed by atoms with Crippen LogP contribution in [0.15, 0.2) is 12.5 Å². The zero-order chi connectivity index (χ0) is 7.98. The van der Waals surface area contributed by atoms with Gasteiger partial charge in [-0.15, -0.1) is 0 Å². The fourth-order valence-electron chi connectivity index (χ4n) is 0.549. The molecule has 1 rings (SSSR count). The van der Waals surface area contributed by atoms with Gasteiger partial charge in [0.2, 0.25) is 0 Å². The molecule has 1 aromatic rings. The topological polar surface area (TPSA) is 38.0 Å². The van der Waals surface area contributed by atoms with Crippen molar-refractivity contribution in [1.82, 2.24) is 9.55 Å². The minimum Gasteiger partial charge on any atom is -0.390 e. The van der Waals surface area contributed by atoms with Crippen LogP contribution in [0.1, 0.15) is 19.5 Å². The average Bonchev–Trinajstić information content (AvgIpc) is 2.40. The standard InChI is InChI=1S/C5H8N2O.C2H6/c1-7-2-5(3-8)6-4-7;1-2/h2,4,8H,3H2,1H3;1-2H3. The highest BCUT2D eigenvalue weighted by Gasteiger charge is 1.89. The highest BCUT2D eigenvalue weighted by atomic mass is 16.3. The molecule has 0 bridgehead atoms. The second-order valence-corrected chi connectivity index (χ2v) is 1.69. The van der Waals surface area contributed by atoms with E-state index in [0.717, 1.165) is 0 Å². The first kappa shape index (κ1) is 9.17. The molecule has 1 N–H and O–H groups in total. The molecular formula is C7H14N2O. The lowest BCUT2D eigenvalue weighted by Gasteiger charge is -1.81. The Kier molecular flexibility index (Phi) is 4.58. The summed E-state index contributed by atoms with van der Waals surface area (Å²) < 4.78 is 1.80. The molecule has 0 saturated carbocycles. The third kappa shape index (κ3) is 2.64.